The summed E-state index contributed by atoms with van der Waals surface area (Å²) in [5.41, 5.74) is 0.919. The van der Waals surface area contributed by atoms with Crippen LogP contribution in [0, 0.1) is 0 Å². The molecule has 0 fully saturated rings. The minimum Gasteiger partial charge on any atom is -0.419 e. The third-order valence-corrected chi connectivity index (χ3v) is 3.90. The van der Waals surface area contributed by atoms with Crippen LogP contribution in [0.4, 0.5) is 0 Å². The zero-order valence-electron chi connectivity index (χ0n) is 11.1. The number of benzene rings is 1. The number of hydrogen-bond donors (Lipinski definition) is 0. The fourth-order valence-electron chi connectivity index (χ4n) is 1.68. The van der Waals surface area contributed by atoms with Crippen molar-refractivity contribution < 1.29 is 4.42 Å². The van der Waals surface area contributed by atoms with E-state index in [1.807, 2.05) is 48.9 Å². The number of hydrogen-bond acceptors (Lipinski definition) is 6. The predicted octanol–water partition coefficient (Wildman–Crippen LogP) is 2.72. The molecule has 0 aliphatic heterocycles. The Bertz CT molecular complexity index is 694. The molecule has 0 amide bonds. The molecule has 20 heavy (non-hydrogen) atoms. The fourth-order valence-corrected chi connectivity index (χ4v) is 2.50. The van der Waals surface area contributed by atoms with Gasteiger partial charge in [-0.25, -0.2) is 0 Å². The predicted molar refractivity (Wildman–Crippen MR) is 75.0 cm³/mol. The van der Waals surface area contributed by atoms with Crippen LogP contribution in [-0.2, 0) is 7.05 Å². The Labute approximate surface area is 120 Å². The van der Waals surface area contributed by atoms with Crippen LogP contribution >= 0.6 is 11.8 Å². The molecule has 0 bridgehead atoms. The highest BCUT2D eigenvalue weighted by Crippen LogP contribution is 2.33. The van der Waals surface area contributed by atoms with E-state index in [0.29, 0.717) is 11.8 Å². The summed E-state index contributed by atoms with van der Waals surface area (Å²) >= 11 is 1.53. The topological polar surface area (TPSA) is 69.6 Å². The molecule has 0 saturated carbocycles. The Morgan fingerprint density at radius 3 is 2.65 bits per heavy atom. The lowest BCUT2D eigenvalue weighted by Crippen LogP contribution is -1.94. The summed E-state index contributed by atoms with van der Waals surface area (Å²) < 4.78 is 7.58. The summed E-state index contributed by atoms with van der Waals surface area (Å²) in [4.78, 5) is 0. The van der Waals surface area contributed by atoms with Crippen molar-refractivity contribution in [1.29, 1.82) is 0 Å². The Morgan fingerprint density at radius 2 is 1.95 bits per heavy atom. The van der Waals surface area contributed by atoms with E-state index in [-0.39, 0.29) is 5.25 Å². The normalized spacial score (nSPS) is 12.5. The lowest BCUT2D eigenvalue weighted by atomic mass is 10.2. The minimum atomic E-state index is 0.0165. The van der Waals surface area contributed by atoms with Gasteiger partial charge < -0.3 is 8.98 Å². The van der Waals surface area contributed by atoms with Crippen molar-refractivity contribution in [1.82, 2.24) is 25.0 Å². The first kappa shape index (κ1) is 12.9. The van der Waals surface area contributed by atoms with E-state index in [0.717, 1.165) is 10.7 Å². The van der Waals surface area contributed by atoms with Crippen LogP contribution in [0.25, 0.3) is 11.5 Å². The molecule has 0 radical (unpaired) electrons. The molecule has 0 N–H and O–H groups in total. The van der Waals surface area contributed by atoms with Gasteiger partial charge in [0.2, 0.25) is 11.8 Å². The number of aromatic nitrogens is 5. The molecule has 3 rings (SSSR count). The zero-order chi connectivity index (χ0) is 13.9. The van der Waals surface area contributed by atoms with E-state index >= 15 is 0 Å². The quantitative estimate of drug-likeness (QED) is 0.687. The van der Waals surface area contributed by atoms with Gasteiger partial charge >= 0.3 is 0 Å². The van der Waals surface area contributed by atoms with Crippen molar-refractivity contribution in [2.24, 2.45) is 7.05 Å². The standard InChI is InChI=1S/C13H13N5OS/c1-9(20-13-17-14-8-18(13)2)11-15-16-12(19-11)10-6-4-3-5-7-10/h3-9H,1-2H3/t9-/m1/s1. The second-order valence-corrected chi connectivity index (χ2v) is 5.60. The summed E-state index contributed by atoms with van der Waals surface area (Å²) in [6.07, 6.45) is 1.66. The Hall–Kier alpha value is -2.15. The zero-order valence-corrected chi connectivity index (χ0v) is 11.9. The van der Waals surface area contributed by atoms with Gasteiger partial charge in [0.15, 0.2) is 5.16 Å². The first-order valence-corrected chi connectivity index (χ1v) is 7.01. The van der Waals surface area contributed by atoms with Crippen molar-refractivity contribution in [3.05, 3.63) is 42.5 Å². The molecule has 0 spiro atoms. The second-order valence-electron chi connectivity index (χ2n) is 4.30. The maximum absolute atomic E-state index is 5.72. The average molecular weight is 287 g/mol. The van der Waals surface area contributed by atoms with Crippen molar-refractivity contribution in [2.75, 3.05) is 0 Å². The number of thioether (sulfide) groups is 1. The maximum atomic E-state index is 5.72. The summed E-state index contributed by atoms with van der Waals surface area (Å²) in [5.74, 6) is 1.11. The lowest BCUT2D eigenvalue weighted by molar-refractivity contribution is 0.508. The van der Waals surface area contributed by atoms with Gasteiger partial charge in [0.05, 0.1) is 5.25 Å². The van der Waals surface area contributed by atoms with Crippen LogP contribution < -0.4 is 0 Å². The molecule has 7 heteroatoms. The van der Waals surface area contributed by atoms with Crippen molar-refractivity contribution in [3.8, 4) is 11.5 Å². The van der Waals surface area contributed by atoms with Gasteiger partial charge in [-0.2, -0.15) is 0 Å². The molecular formula is C13H13N5OS. The lowest BCUT2D eigenvalue weighted by Gasteiger charge is -2.04. The van der Waals surface area contributed by atoms with Gasteiger partial charge in [0.1, 0.15) is 6.33 Å². The third-order valence-electron chi connectivity index (χ3n) is 2.76. The van der Waals surface area contributed by atoms with Gasteiger partial charge in [-0.1, -0.05) is 30.0 Å². The largest absolute Gasteiger partial charge is 0.419 e. The van der Waals surface area contributed by atoms with Crippen molar-refractivity contribution in [3.63, 3.8) is 0 Å². The number of aryl methyl sites for hydroxylation is 1. The van der Waals surface area contributed by atoms with Gasteiger partial charge in [-0.3, -0.25) is 0 Å². The highest BCUT2D eigenvalue weighted by atomic mass is 32.2. The van der Waals surface area contributed by atoms with Crippen molar-refractivity contribution >= 4 is 11.8 Å². The molecule has 3 aromatic rings. The number of nitrogens with zero attached hydrogens (tertiary/aromatic N) is 5. The number of rotatable bonds is 4. The van der Waals surface area contributed by atoms with Gasteiger partial charge in [-0.15, -0.1) is 20.4 Å². The van der Waals surface area contributed by atoms with Crippen LogP contribution in [-0.4, -0.2) is 25.0 Å². The molecule has 6 nitrogen and oxygen atoms in total. The highest BCUT2D eigenvalue weighted by Gasteiger charge is 2.18. The molecule has 0 aliphatic rings. The summed E-state index contributed by atoms with van der Waals surface area (Å²) in [5, 5.41) is 16.9. The fraction of sp³-hybridized carbons (Fsp3) is 0.231. The monoisotopic (exact) mass is 287 g/mol. The maximum Gasteiger partial charge on any atom is 0.247 e. The van der Waals surface area contributed by atoms with Crippen molar-refractivity contribution in [2.45, 2.75) is 17.3 Å². The SMILES string of the molecule is C[C@@H](Sc1nncn1C)c1nnc(-c2ccccc2)o1. The van der Waals surface area contributed by atoms with Crippen LogP contribution in [0.5, 0.6) is 0 Å². The average Bonchev–Trinajstić information content (AvgIpc) is 3.10. The molecule has 1 aromatic carbocycles. The Balaban J connectivity index is 1.78. The first-order chi connectivity index (χ1) is 9.74. The molecule has 0 saturated heterocycles. The summed E-state index contributed by atoms with van der Waals surface area (Å²) in [7, 11) is 1.90. The van der Waals surface area contributed by atoms with E-state index in [9.17, 15) is 0 Å². The van der Waals surface area contributed by atoms with Crippen LogP contribution in [0.1, 0.15) is 18.1 Å². The van der Waals surface area contributed by atoms with E-state index in [4.69, 9.17) is 4.42 Å². The second kappa shape index (κ2) is 5.46. The molecule has 0 aliphatic carbocycles. The smallest absolute Gasteiger partial charge is 0.247 e. The van der Waals surface area contributed by atoms with Gasteiger partial charge in [0, 0.05) is 12.6 Å². The molecular weight excluding hydrogens is 274 g/mol. The molecule has 2 heterocycles. The molecule has 102 valence electrons. The van der Waals surface area contributed by atoms with E-state index in [1.54, 1.807) is 6.33 Å². The van der Waals surface area contributed by atoms with Gasteiger partial charge in [0.25, 0.3) is 0 Å². The highest BCUT2D eigenvalue weighted by molar-refractivity contribution is 7.99. The molecule has 1 atom stereocenters. The molecule has 2 aromatic heterocycles. The third kappa shape index (κ3) is 2.57. The van der Waals surface area contributed by atoms with E-state index < -0.39 is 0 Å². The van der Waals surface area contributed by atoms with Crippen LogP contribution in [0.2, 0.25) is 0 Å². The van der Waals surface area contributed by atoms with Crippen LogP contribution in [0.15, 0.2) is 46.2 Å². The summed E-state index contributed by atoms with van der Waals surface area (Å²) in [6, 6.07) is 9.72. The van der Waals surface area contributed by atoms with E-state index in [2.05, 4.69) is 20.4 Å². The van der Waals surface area contributed by atoms with Gasteiger partial charge in [-0.05, 0) is 19.1 Å². The molecule has 0 unspecified atom stereocenters. The Morgan fingerprint density at radius 1 is 1.15 bits per heavy atom. The summed E-state index contributed by atoms with van der Waals surface area (Å²) in [6.45, 7) is 2.00. The van der Waals surface area contributed by atoms with E-state index in [1.165, 1.54) is 11.8 Å². The van der Waals surface area contributed by atoms with Crippen LogP contribution in [0.3, 0.4) is 0 Å². The Kier molecular flexibility index (Phi) is 3.51. The first-order valence-electron chi connectivity index (χ1n) is 6.13. The minimum absolute atomic E-state index is 0.0165.